The van der Waals surface area contributed by atoms with Crippen LogP contribution in [-0.4, -0.2) is 35.7 Å². The molecule has 1 aliphatic rings. The molecule has 0 atom stereocenters. The van der Waals surface area contributed by atoms with Crippen molar-refractivity contribution in [3.05, 3.63) is 0 Å². The van der Waals surface area contributed by atoms with Gasteiger partial charge in [0.1, 0.15) is 0 Å². The van der Waals surface area contributed by atoms with E-state index in [4.69, 9.17) is 0 Å². The van der Waals surface area contributed by atoms with E-state index in [1.54, 1.807) is 13.8 Å². The Kier molecular flexibility index (Phi) is 3.27. The zero-order valence-corrected chi connectivity index (χ0v) is 8.26. The molecule has 0 aromatic carbocycles. The van der Waals surface area contributed by atoms with Gasteiger partial charge in [-0.15, -0.1) is 0 Å². The van der Waals surface area contributed by atoms with E-state index in [1.807, 2.05) is 0 Å². The number of rotatable bonds is 5. The highest BCUT2D eigenvalue weighted by molar-refractivity contribution is 5.78. The molecule has 1 saturated carbocycles. The second kappa shape index (κ2) is 4.07. The molecule has 0 spiro atoms. The molecule has 0 radical (unpaired) electrons. The molecule has 0 heterocycles. The Hall–Kier alpha value is -0.610. The van der Waals surface area contributed by atoms with E-state index in [1.165, 1.54) is 0 Å². The van der Waals surface area contributed by atoms with E-state index in [0.717, 1.165) is 12.8 Å². The largest absolute Gasteiger partial charge is 0.389 e. The van der Waals surface area contributed by atoms with Crippen molar-refractivity contribution in [1.29, 1.82) is 0 Å². The van der Waals surface area contributed by atoms with Crippen molar-refractivity contribution in [2.45, 2.75) is 38.3 Å². The van der Waals surface area contributed by atoms with Gasteiger partial charge in [-0.2, -0.15) is 0 Å². The molecule has 1 amide bonds. The third-order valence-corrected chi connectivity index (χ3v) is 1.79. The second-order valence-electron chi connectivity index (χ2n) is 4.26. The molecule has 1 aliphatic carbocycles. The van der Waals surface area contributed by atoms with Gasteiger partial charge in [0.25, 0.3) is 0 Å². The lowest BCUT2D eigenvalue weighted by atomic mass is 10.1. The predicted molar refractivity (Wildman–Crippen MR) is 50.3 cm³/mol. The first-order chi connectivity index (χ1) is 5.97. The summed E-state index contributed by atoms with van der Waals surface area (Å²) < 4.78 is 0. The van der Waals surface area contributed by atoms with Crippen molar-refractivity contribution in [3.8, 4) is 0 Å². The van der Waals surface area contributed by atoms with Crippen LogP contribution in [0.2, 0.25) is 0 Å². The van der Waals surface area contributed by atoms with E-state index < -0.39 is 5.60 Å². The number of aliphatic hydroxyl groups is 1. The van der Waals surface area contributed by atoms with Crippen LogP contribution in [0.3, 0.4) is 0 Å². The minimum Gasteiger partial charge on any atom is -0.389 e. The van der Waals surface area contributed by atoms with E-state index in [9.17, 15) is 9.90 Å². The first kappa shape index (κ1) is 10.5. The maximum Gasteiger partial charge on any atom is 0.234 e. The smallest absolute Gasteiger partial charge is 0.234 e. The average molecular weight is 186 g/mol. The summed E-state index contributed by atoms with van der Waals surface area (Å²) in [5.74, 6) is 0.0201. The molecule has 0 unspecified atom stereocenters. The van der Waals surface area contributed by atoms with Crippen molar-refractivity contribution in [3.63, 3.8) is 0 Å². The van der Waals surface area contributed by atoms with Gasteiger partial charge in [-0.05, 0) is 26.7 Å². The molecule has 4 heteroatoms. The van der Waals surface area contributed by atoms with E-state index >= 15 is 0 Å². The van der Waals surface area contributed by atoms with Gasteiger partial charge in [0.15, 0.2) is 0 Å². The molecule has 0 bridgehead atoms. The highest BCUT2D eigenvalue weighted by Gasteiger charge is 2.23. The van der Waals surface area contributed by atoms with Crippen molar-refractivity contribution >= 4 is 5.91 Å². The second-order valence-corrected chi connectivity index (χ2v) is 4.26. The van der Waals surface area contributed by atoms with Crippen LogP contribution in [0.25, 0.3) is 0 Å². The molecule has 0 saturated heterocycles. The zero-order chi connectivity index (χ0) is 9.90. The summed E-state index contributed by atoms with van der Waals surface area (Å²) >= 11 is 0. The summed E-state index contributed by atoms with van der Waals surface area (Å²) in [4.78, 5) is 11.1. The van der Waals surface area contributed by atoms with Gasteiger partial charge in [0.05, 0.1) is 12.1 Å². The van der Waals surface area contributed by atoms with Crippen LogP contribution in [-0.2, 0) is 4.79 Å². The van der Waals surface area contributed by atoms with Crippen LogP contribution in [0.1, 0.15) is 26.7 Å². The molecule has 0 aliphatic heterocycles. The van der Waals surface area contributed by atoms with E-state index in [0.29, 0.717) is 19.1 Å². The topological polar surface area (TPSA) is 61.4 Å². The van der Waals surface area contributed by atoms with Crippen LogP contribution in [0, 0.1) is 0 Å². The Balaban J connectivity index is 2.01. The van der Waals surface area contributed by atoms with Crippen molar-refractivity contribution in [2.75, 3.05) is 13.1 Å². The maximum absolute atomic E-state index is 11.1. The van der Waals surface area contributed by atoms with Crippen molar-refractivity contribution < 1.29 is 9.90 Å². The highest BCUT2D eigenvalue weighted by Crippen LogP contribution is 2.18. The minimum absolute atomic E-state index is 0.0201. The van der Waals surface area contributed by atoms with Crippen LogP contribution < -0.4 is 10.6 Å². The minimum atomic E-state index is -0.750. The number of nitrogens with one attached hydrogen (secondary N) is 2. The van der Waals surface area contributed by atoms with Gasteiger partial charge in [0, 0.05) is 12.6 Å². The molecule has 1 fully saturated rings. The highest BCUT2D eigenvalue weighted by atomic mass is 16.3. The predicted octanol–water partition coefficient (Wildman–Crippen LogP) is -0.374. The zero-order valence-electron chi connectivity index (χ0n) is 8.26. The third kappa shape index (κ3) is 5.60. The van der Waals surface area contributed by atoms with Gasteiger partial charge in [-0.25, -0.2) is 0 Å². The number of amides is 1. The quantitative estimate of drug-likeness (QED) is 0.549. The number of hydrogen-bond donors (Lipinski definition) is 3. The summed E-state index contributed by atoms with van der Waals surface area (Å²) in [7, 11) is 0. The number of carbonyl (C=O) groups is 1. The number of carbonyl (C=O) groups excluding carboxylic acids is 1. The molecule has 76 valence electrons. The monoisotopic (exact) mass is 186 g/mol. The Morgan fingerprint density at radius 1 is 1.54 bits per heavy atom. The standard InChI is InChI=1S/C9H18N2O2/c1-9(2,13)6-10-5-8(12)11-7-3-4-7/h7,10,13H,3-6H2,1-2H3,(H,11,12). The van der Waals surface area contributed by atoms with Gasteiger partial charge < -0.3 is 15.7 Å². The van der Waals surface area contributed by atoms with Crippen LogP contribution >= 0.6 is 0 Å². The summed E-state index contributed by atoms with van der Waals surface area (Å²) in [6.45, 7) is 4.14. The molecule has 4 nitrogen and oxygen atoms in total. The SMILES string of the molecule is CC(C)(O)CNCC(=O)NC1CC1. The fourth-order valence-corrected chi connectivity index (χ4v) is 0.988. The molecule has 0 aromatic rings. The molecular formula is C9H18N2O2. The lowest BCUT2D eigenvalue weighted by Gasteiger charge is -2.17. The van der Waals surface area contributed by atoms with Gasteiger partial charge in [0.2, 0.25) is 5.91 Å². The molecule has 1 rings (SSSR count). The first-order valence-electron chi connectivity index (χ1n) is 4.70. The lowest BCUT2D eigenvalue weighted by molar-refractivity contribution is -0.120. The number of hydrogen-bond acceptors (Lipinski definition) is 3. The summed E-state index contributed by atoms with van der Waals surface area (Å²) in [6, 6.07) is 0.413. The third-order valence-electron chi connectivity index (χ3n) is 1.79. The maximum atomic E-state index is 11.1. The summed E-state index contributed by atoms with van der Waals surface area (Å²) in [5.41, 5.74) is -0.750. The first-order valence-corrected chi connectivity index (χ1v) is 4.70. The molecule has 3 N–H and O–H groups in total. The van der Waals surface area contributed by atoms with Crippen molar-refractivity contribution in [2.24, 2.45) is 0 Å². The van der Waals surface area contributed by atoms with Gasteiger partial charge >= 0.3 is 0 Å². The Bertz CT molecular complexity index is 183. The van der Waals surface area contributed by atoms with Crippen LogP contribution in [0.5, 0.6) is 0 Å². The fourth-order valence-electron chi connectivity index (χ4n) is 0.988. The Morgan fingerprint density at radius 3 is 2.62 bits per heavy atom. The molecular weight excluding hydrogens is 168 g/mol. The van der Waals surface area contributed by atoms with Gasteiger partial charge in [-0.1, -0.05) is 0 Å². The summed E-state index contributed by atoms with van der Waals surface area (Å²) in [5, 5.41) is 15.1. The average Bonchev–Trinajstić information content (AvgIpc) is 2.68. The molecule has 0 aromatic heterocycles. The normalized spacial score (nSPS) is 17.2. The van der Waals surface area contributed by atoms with E-state index in [-0.39, 0.29) is 5.91 Å². The summed E-state index contributed by atoms with van der Waals surface area (Å²) in [6.07, 6.45) is 2.22. The van der Waals surface area contributed by atoms with E-state index in [2.05, 4.69) is 10.6 Å². The van der Waals surface area contributed by atoms with Gasteiger partial charge in [-0.3, -0.25) is 4.79 Å². The Morgan fingerprint density at radius 2 is 2.15 bits per heavy atom. The fraction of sp³-hybridized carbons (Fsp3) is 0.889. The van der Waals surface area contributed by atoms with Crippen LogP contribution in [0.4, 0.5) is 0 Å². The molecule has 13 heavy (non-hydrogen) atoms. The van der Waals surface area contributed by atoms with Crippen molar-refractivity contribution in [1.82, 2.24) is 10.6 Å². The Labute approximate surface area is 78.7 Å². The lowest BCUT2D eigenvalue weighted by Crippen LogP contribution is -2.41. The van der Waals surface area contributed by atoms with Crippen LogP contribution in [0.15, 0.2) is 0 Å².